The van der Waals surface area contributed by atoms with Crippen molar-refractivity contribution >= 4 is 17.3 Å². The third-order valence-corrected chi connectivity index (χ3v) is 2.28. The highest BCUT2D eigenvalue weighted by atomic mass is 32.1. The Morgan fingerprint density at radius 2 is 2.46 bits per heavy atom. The topological polar surface area (TPSA) is 39.2 Å². The van der Waals surface area contributed by atoms with Crippen molar-refractivity contribution in [3.63, 3.8) is 0 Å². The van der Waals surface area contributed by atoms with Crippen LogP contribution in [0.2, 0.25) is 0 Å². The van der Waals surface area contributed by atoms with Crippen molar-refractivity contribution < 1.29 is 9.53 Å². The fraction of sp³-hybridized carbons (Fsp3) is 0.556. The molecule has 0 aromatic carbocycles. The molecule has 1 heterocycles. The van der Waals surface area contributed by atoms with Gasteiger partial charge in [-0.3, -0.25) is 4.79 Å². The normalized spacial score (nSPS) is 10.0. The Kier molecular flexibility index (Phi) is 3.89. The molecule has 3 nitrogen and oxygen atoms in total. The highest BCUT2D eigenvalue weighted by Gasteiger charge is 2.06. The molecule has 0 aliphatic heterocycles. The maximum atomic E-state index is 11.1. The van der Waals surface area contributed by atoms with Crippen LogP contribution in [0.4, 0.5) is 0 Å². The van der Waals surface area contributed by atoms with E-state index in [4.69, 9.17) is 4.74 Å². The lowest BCUT2D eigenvalue weighted by atomic mass is 10.3. The first-order chi connectivity index (χ1) is 6.22. The van der Waals surface area contributed by atoms with Gasteiger partial charge in [0, 0.05) is 5.38 Å². The lowest BCUT2D eigenvalue weighted by Gasteiger charge is -1.99. The molecule has 0 bridgehead atoms. The molecule has 0 saturated carbocycles. The Morgan fingerprint density at radius 1 is 1.69 bits per heavy atom. The first kappa shape index (κ1) is 10.2. The van der Waals surface area contributed by atoms with Gasteiger partial charge in [-0.15, -0.1) is 11.3 Å². The Balaban J connectivity index is 2.36. The van der Waals surface area contributed by atoms with Crippen molar-refractivity contribution in [2.24, 2.45) is 0 Å². The van der Waals surface area contributed by atoms with Crippen LogP contribution in [0.1, 0.15) is 24.0 Å². The fourth-order valence-electron chi connectivity index (χ4n) is 0.904. The maximum Gasteiger partial charge on any atom is 0.311 e. The van der Waals surface area contributed by atoms with E-state index in [-0.39, 0.29) is 5.97 Å². The number of rotatable bonds is 4. The van der Waals surface area contributed by atoms with Crippen molar-refractivity contribution in [1.82, 2.24) is 4.98 Å². The standard InChI is InChI=1S/C9H13NO2S/c1-3-4-12-9(11)5-8-6-13-7(2)10-8/h6H,3-5H2,1-2H3. The minimum absolute atomic E-state index is 0.188. The predicted molar refractivity (Wildman–Crippen MR) is 51.8 cm³/mol. The van der Waals surface area contributed by atoms with Crippen LogP contribution in [0, 0.1) is 6.92 Å². The van der Waals surface area contributed by atoms with E-state index in [1.807, 2.05) is 19.2 Å². The van der Waals surface area contributed by atoms with Crippen LogP contribution in [-0.4, -0.2) is 17.6 Å². The molecule has 0 radical (unpaired) electrons. The summed E-state index contributed by atoms with van der Waals surface area (Å²) in [5.41, 5.74) is 0.809. The summed E-state index contributed by atoms with van der Waals surface area (Å²) in [7, 11) is 0. The second-order valence-corrected chi connectivity index (χ2v) is 3.82. The van der Waals surface area contributed by atoms with E-state index in [1.165, 1.54) is 0 Å². The molecular weight excluding hydrogens is 186 g/mol. The summed E-state index contributed by atoms with van der Waals surface area (Å²) in [5, 5.41) is 2.88. The van der Waals surface area contributed by atoms with Crippen LogP contribution in [0.15, 0.2) is 5.38 Å². The number of nitrogens with zero attached hydrogens (tertiary/aromatic N) is 1. The summed E-state index contributed by atoms with van der Waals surface area (Å²) in [4.78, 5) is 15.3. The third kappa shape index (κ3) is 3.55. The zero-order chi connectivity index (χ0) is 9.68. The summed E-state index contributed by atoms with van der Waals surface area (Å²) >= 11 is 1.55. The zero-order valence-electron chi connectivity index (χ0n) is 7.87. The number of carbonyl (C=O) groups is 1. The SMILES string of the molecule is CCCOC(=O)Cc1csc(C)n1. The average molecular weight is 199 g/mol. The lowest BCUT2D eigenvalue weighted by molar-refractivity contribution is -0.142. The molecule has 1 aromatic heterocycles. The number of aryl methyl sites for hydroxylation is 1. The number of carbonyl (C=O) groups excluding carboxylic acids is 1. The highest BCUT2D eigenvalue weighted by Crippen LogP contribution is 2.08. The van der Waals surface area contributed by atoms with Crippen molar-refractivity contribution in [1.29, 1.82) is 0 Å². The number of thiazole rings is 1. The van der Waals surface area contributed by atoms with Gasteiger partial charge < -0.3 is 4.74 Å². The largest absolute Gasteiger partial charge is 0.465 e. The van der Waals surface area contributed by atoms with Crippen molar-refractivity contribution in [2.75, 3.05) is 6.61 Å². The van der Waals surface area contributed by atoms with Crippen LogP contribution >= 0.6 is 11.3 Å². The number of ether oxygens (including phenoxy) is 1. The van der Waals surface area contributed by atoms with Gasteiger partial charge in [0.15, 0.2) is 0 Å². The Morgan fingerprint density at radius 3 is 3.00 bits per heavy atom. The molecule has 0 spiro atoms. The molecule has 0 aliphatic rings. The Hall–Kier alpha value is -0.900. The first-order valence-electron chi connectivity index (χ1n) is 4.29. The van der Waals surface area contributed by atoms with E-state index < -0.39 is 0 Å². The summed E-state index contributed by atoms with van der Waals surface area (Å²) in [6.45, 7) is 4.40. The molecular formula is C9H13NO2S. The van der Waals surface area contributed by atoms with E-state index in [9.17, 15) is 4.79 Å². The minimum atomic E-state index is -0.188. The van der Waals surface area contributed by atoms with Crippen LogP contribution in [0.5, 0.6) is 0 Å². The molecule has 1 rings (SSSR count). The van der Waals surface area contributed by atoms with Gasteiger partial charge >= 0.3 is 5.97 Å². The molecule has 0 amide bonds. The van der Waals surface area contributed by atoms with Gasteiger partial charge in [-0.1, -0.05) is 6.92 Å². The van der Waals surface area contributed by atoms with Crippen molar-refractivity contribution in [2.45, 2.75) is 26.7 Å². The van der Waals surface area contributed by atoms with E-state index in [2.05, 4.69) is 4.98 Å². The quantitative estimate of drug-likeness (QED) is 0.696. The molecule has 0 atom stereocenters. The minimum Gasteiger partial charge on any atom is -0.465 e. The van der Waals surface area contributed by atoms with Gasteiger partial charge in [-0.25, -0.2) is 4.98 Å². The third-order valence-electron chi connectivity index (χ3n) is 1.46. The number of hydrogen-bond donors (Lipinski definition) is 0. The average Bonchev–Trinajstić information content (AvgIpc) is 2.48. The smallest absolute Gasteiger partial charge is 0.311 e. The Bertz CT molecular complexity index is 283. The number of hydrogen-bond acceptors (Lipinski definition) is 4. The fourth-order valence-corrected chi connectivity index (χ4v) is 1.52. The van der Waals surface area contributed by atoms with Crippen LogP contribution in [0.3, 0.4) is 0 Å². The molecule has 13 heavy (non-hydrogen) atoms. The van der Waals surface area contributed by atoms with Gasteiger partial charge in [0.05, 0.1) is 23.7 Å². The zero-order valence-corrected chi connectivity index (χ0v) is 8.69. The molecule has 0 aliphatic carbocycles. The van der Waals surface area contributed by atoms with Gasteiger partial charge in [-0.2, -0.15) is 0 Å². The van der Waals surface area contributed by atoms with Crippen molar-refractivity contribution in [3.05, 3.63) is 16.1 Å². The lowest BCUT2D eigenvalue weighted by Crippen LogP contribution is -2.08. The monoisotopic (exact) mass is 199 g/mol. The molecule has 4 heteroatoms. The van der Waals surface area contributed by atoms with Gasteiger partial charge in [0.1, 0.15) is 0 Å². The molecule has 72 valence electrons. The molecule has 0 fully saturated rings. The van der Waals surface area contributed by atoms with Crippen molar-refractivity contribution in [3.8, 4) is 0 Å². The van der Waals surface area contributed by atoms with E-state index in [0.717, 1.165) is 17.1 Å². The van der Waals surface area contributed by atoms with E-state index >= 15 is 0 Å². The summed E-state index contributed by atoms with van der Waals surface area (Å²) in [5.74, 6) is -0.188. The van der Waals surface area contributed by atoms with E-state index in [0.29, 0.717) is 13.0 Å². The second kappa shape index (κ2) is 4.97. The summed E-state index contributed by atoms with van der Waals surface area (Å²) in [6, 6.07) is 0. The van der Waals surface area contributed by atoms with Crippen LogP contribution < -0.4 is 0 Å². The predicted octanol–water partition coefficient (Wildman–Crippen LogP) is 1.95. The molecule has 1 aromatic rings. The highest BCUT2D eigenvalue weighted by molar-refractivity contribution is 7.09. The van der Waals surface area contributed by atoms with Crippen LogP contribution in [0.25, 0.3) is 0 Å². The number of esters is 1. The van der Waals surface area contributed by atoms with Gasteiger partial charge in [-0.05, 0) is 13.3 Å². The summed E-state index contributed by atoms with van der Waals surface area (Å²) in [6.07, 6.45) is 1.16. The first-order valence-corrected chi connectivity index (χ1v) is 5.17. The molecule has 0 saturated heterocycles. The molecule has 0 N–H and O–H groups in total. The Labute approximate surface area is 81.8 Å². The molecule has 0 unspecified atom stereocenters. The van der Waals surface area contributed by atoms with Crippen LogP contribution in [-0.2, 0) is 16.0 Å². The summed E-state index contributed by atoms with van der Waals surface area (Å²) < 4.78 is 4.93. The van der Waals surface area contributed by atoms with Gasteiger partial charge in [0.2, 0.25) is 0 Å². The number of aromatic nitrogens is 1. The second-order valence-electron chi connectivity index (χ2n) is 2.76. The van der Waals surface area contributed by atoms with E-state index in [1.54, 1.807) is 11.3 Å². The maximum absolute atomic E-state index is 11.1. The van der Waals surface area contributed by atoms with Gasteiger partial charge in [0.25, 0.3) is 0 Å².